The molecule has 116 heavy (non-hydrogen) atoms. The number of benzene rings is 3. The molecule has 0 amide bonds. The van der Waals surface area contributed by atoms with Crippen LogP contribution in [0.4, 0.5) is 84.2 Å². The van der Waals surface area contributed by atoms with E-state index in [1.807, 2.05) is 24.3 Å². The number of hydrogen-bond acceptors (Lipinski definition) is 30. The van der Waals surface area contributed by atoms with E-state index in [9.17, 15) is 61.5 Å². The van der Waals surface area contributed by atoms with Crippen molar-refractivity contribution in [1.82, 2.24) is 104 Å². The number of halogens is 14. The molecular weight excluding hydrogens is 2270 g/mol. The number of pyridine rings is 5. The first-order valence-electron chi connectivity index (χ1n) is 30.3. The molecule has 0 N–H and O–H groups in total. The smallest absolute Gasteiger partial charge is 0.493 e. The van der Waals surface area contributed by atoms with E-state index in [2.05, 4.69) is 154 Å². The van der Waals surface area contributed by atoms with E-state index in [-0.39, 0.29) is 137 Å². The van der Waals surface area contributed by atoms with Gasteiger partial charge in [-0.2, -0.15) is 49.9 Å². The minimum atomic E-state index is -1.02. The van der Waals surface area contributed by atoms with Crippen molar-refractivity contribution in [2.75, 3.05) is 48.2 Å². The molecule has 0 fully saturated rings. The van der Waals surface area contributed by atoms with Crippen LogP contribution in [-0.4, -0.2) is 158 Å². The summed E-state index contributed by atoms with van der Waals surface area (Å²) >= 11 is 0. The summed E-state index contributed by atoms with van der Waals surface area (Å²) in [5, 5.41) is 28.8. The average Bonchev–Trinajstić information content (AvgIpc) is 1.07. The summed E-state index contributed by atoms with van der Waals surface area (Å²) in [4.78, 5) is 66.2. The van der Waals surface area contributed by atoms with Gasteiger partial charge in [-0.15, -0.1) is 117 Å². The summed E-state index contributed by atoms with van der Waals surface area (Å²) in [5.74, 6) is -11.8. The molecule has 4 aliphatic rings. The number of rotatable bonds is 8. The van der Waals surface area contributed by atoms with E-state index in [4.69, 9.17) is 5.26 Å². The third-order valence-electron chi connectivity index (χ3n) is 12.8. The number of hydrogen-bond donors (Lipinski definition) is 0. The largest absolute Gasteiger partial charge is 3.00 e. The Kier molecular flexibility index (Phi) is 38.0. The van der Waals surface area contributed by atoms with Crippen LogP contribution in [0.5, 0.6) is 0 Å². The van der Waals surface area contributed by atoms with E-state index in [1.165, 1.54) is 129 Å². The van der Waals surface area contributed by atoms with E-state index in [1.54, 1.807) is 47.8 Å². The zero-order valence-corrected chi connectivity index (χ0v) is 67.8. The van der Waals surface area contributed by atoms with E-state index in [0.29, 0.717) is 5.82 Å². The molecule has 0 aliphatic carbocycles. The molecule has 0 atom stereocenters. The zero-order chi connectivity index (χ0) is 80.2. The molecular formula is C68H40F14Ir4N30. The normalized spacial score (nSPS) is 12.2. The van der Waals surface area contributed by atoms with Crippen molar-refractivity contribution in [3.63, 3.8) is 0 Å². The monoisotopic (exact) mass is 2310 g/mol. The van der Waals surface area contributed by atoms with E-state index < -0.39 is 88.3 Å². The molecule has 0 spiro atoms. The van der Waals surface area contributed by atoms with Crippen LogP contribution in [0, 0.1) is 169 Å². The third-order valence-corrected chi connectivity index (χ3v) is 12.8. The van der Waals surface area contributed by atoms with Gasteiger partial charge in [0.25, 0.3) is 0 Å². The second-order valence-electron chi connectivity index (χ2n) is 20.7. The number of hydrazone groups is 4. The molecule has 0 bridgehead atoms. The summed E-state index contributed by atoms with van der Waals surface area (Å²) in [5.41, 5.74) is -0.00462. The molecule has 0 radical (unpaired) electrons. The van der Waals surface area contributed by atoms with Crippen molar-refractivity contribution < 1.29 is 142 Å². The first-order chi connectivity index (χ1) is 53.9. The van der Waals surface area contributed by atoms with Crippen LogP contribution in [0.1, 0.15) is 5.56 Å². The van der Waals surface area contributed by atoms with Crippen molar-refractivity contribution >= 4 is 48.1 Å². The van der Waals surface area contributed by atoms with Gasteiger partial charge in [-0.1, -0.05) is 28.8 Å². The Morgan fingerprint density at radius 2 is 0.655 bits per heavy atom. The Bertz CT molecular complexity index is 4860. The molecule has 0 saturated carbocycles. The van der Waals surface area contributed by atoms with Gasteiger partial charge in [0.2, 0.25) is 0 Å². The summed E-state index contributed by atoms with van der Waals surface area (Å²) in [6.07, 6.45) is 16.1. The minimum Gasteiger partial charge on any atom is -0.493 e. The molecule has 12 aromatic rings. The molecule has 9 aromatic heterocycles. The van der Waals surface area contributed by atoms with Crippen LogP contribution in [0.2, 0.25) is 0 Å². The van der Waals surface area contributed by atoms with Crippen molar-refractivity contribution in [3.05, 3.63) is 287 Å². The predicted molar refractivity (Wildman–Crippen MR) is 363 cm³/mol. The Hall–Kier alpha value is -12.4. The van der Waals surface area contributed by atoms with Crippen LogP contribution in [0.3, 0.4) is 0 Å². The van der Waals surface area contributed by atoms with Gasteiger partial charge >= 0.3 is 80.4 Å². The Morgan fingerprint density at radius 3 is 0.957 bits per heavy atom. The van der Waals surface area contributed by atoms with Gasteiger partial charge in [0.1, 0.15) is 86.3 Å². The van der Waals surface area contributed by atoms with Crippen LogP contribution in [-0.2, 0) is 80.4 Å². The summed E-state index contributed by atoms with van der Waals surface area (Å²) in [6, 6.07) is 36.2. The van der Waals surface area contributed by atoms with Crippen LogP contribution in [0.25, 0.3) is 45.6 Å². The number of nitrogens with zero attached hydrogens (tertiary/aromatic N) is 30. The fraction of sp³-hybridized carbons (Fsp3) is 0.0588. The van der Waals surface area contributed by atoms with Crippen LogP contribution < -0.4 is 20.0 Å². The summed E-state index contributed by atoms with van der Waals surface area (Å²) in [7, 11) is 6.94. The SMILES string of the molecule is CN1C=NN(c2[c-]cc(F)nc2F)[CH-]1.CN1C=NN(c2[c-]cc(F)nc2F)[CH-]1.CN1C=NN(c2[c-]cc(F)nc2F)[CH-]1.CN1C=NN(c2[c-]cc(F)nc2F)[CH-]1.Fc1c[c-]c(-c2ncncn2)c(F)c1.Fc1c[c-]c(-c2ncncn2)c(F)n1.N#Cc1c(F)c[c-]c(-c2ncncn2)c1F.[Ir+3].[Ir+3].[Ir+3].[Ir+3].[c-]1ccccc1-c1ncncn1. The van der Waals surface area contributed by atoms with Gasteiger partial charge in [0.15, 0.2) is 0 Å². The Labute approximate surface area is 702 Å². The molecule has 13 heterocycles. The van der Waals surface area contributed by atoms with Crippen LogP contribution in [0.15, 0.2) is 144 Å². The van der Waals surface area contributed by atoms with Crippen molar-refractivity contribution in [2.45, 2.75) is 0 Å². The maximum absolute atomic E-state index is 13.6. The van der Waals surface area contributed by atoms with Gasteiger partial charge in [0, 0.05) is 17.2 Å². The fourth-order valence-corrected chi connectivity index (χ4v) is 7.98. The molecule has 3 aromatic carbocycles. The summed E-state index contributed by atoms with van der Waals surface area (Å²) < 4.78 is 180. The fourth-order valence-electron chi connectivity index (χ4n) is 7.98. The molecule has 16 rings (SSSR count). The predicted octanol–water partition coefficient (Wildman–Crippen LogP) is 9.34. The minimum absolute atomic E-state index is 0. The van der Waals surface area contributed by atoms with Crippen molar-refractivity contribution in [1.29, 1.82) is 5.26 Å². The standard InChI is InChI=1S/C10H3F2N4.C9H4F2N3.C9H6N3.4C8H6F2N4.C8H3F2N4.4Ir/c11-8-2-1-6(9(12)7(8)3-13)10-15-4-14-5-16-10;10-6-1-2-7(8(11)3-6)9-13-4-12-5-14-9;1-2-4-8(5-3-1)9-11-6-10-7-12-9;4*1-13-4-11-14(5-13)6-2-3-7(9)12-8(6)10;9-6-2-1-5(7(10)14-6)8-12-3-11-4-13-8;;;;/h2,4-5H;1,3-5H;1-4,6-7H;4*3-5H,1H3;2-4H;;;;/q3*-1;4*-2;-1;4*+3. The molecule has 30 nitrogen and oxygen atoms in total. The molecule has 4 aliphatic heterocycles. The number of nitriles is 1. The molecule has 0 unspecified atom stereocenters. The topological polar surface area (TPSA) is 318 Å². The first-order valence-corrected chi connectivity index (χ1v) is 30.3. The van der Waals surface area contributed by atoms with Crippen molar-refractivity contribution in [3.8, 4) is 51.6 Å². The second-order valence-corrected chi connectivity index (χ2v) is 20.7. The van der Waals surface area contributed by atoms with Gasteiger partial charge in [0.05, 0.1) is 90.1 Å². The summed E-state index contributed by atoms with van der Waals surface area (Å²) in [6.45, 7) is 6.09. The van der Waals surface area contributed by atoms with Gasteiger partial charge in [-0.3, -0.25) is 97.5 Å². The maximum Gasteiger partial charge on any atom is 3.00 e. The van der Waals surface area contributed by atoms with Gasteiger partial charge in [-0.25, -0.2) is 28.7 Å². The average molecular weight is 2310 g/mol. The second kappa shape index (κ2) is 46.7. The molecule has 0 saturated heterocycles. The van der Waals surface area contributed by atoms with E-state index >= 15 is 0 Å². The molecule has 596 valence electrons. The maximum atomic E-state index is 13.6. The number of anilines is 4. The Balaban J connectivity index is 0.000000235. The van der Waals surface area contributed by atoms with Crippen molar-refractivity contribution in [2.24, 2.45) is 20.4 Å². The van der Waals surface area contributed by atoms with Gasteiger partial charge < -0.3 is 59.6 Å². The van der Waals surface area contributed by atoms with Gasteiger partial charge in [-0.05, 0) is 50.9 Å². The third kappa shape index (κ3) is 27.7. The van der Waals surface area contributed by atoms with Crippen LogP contribution >= 0.6 is 0 Å². The Morgan fingerprint density at radius 1 is 0.345 bits per heavy atom. The van der Waals surface area contributed by atoms with E-state index in [0.717, 1.165) is 54.1 Å². The quantitative estimate of drug-likeness (QED) is 0.0776. The molecule has 48 heteroatoms. The number of aromatic nitrogens is 17. The zero-order valence-electron chi connectivity index (χ0n) is 58.2. The first kappa shape index (κ1) is 94.2.